The number of carbonyl (C=O) groups excluding carboxylic acids is 3. The van der Waals surface area contributed by atoms with Gasteiger partial charge >= 0.3 is 12.1 Å². The Bertz CT molecular complexity index is 1300. The molecule has 1 amide bonds. The number of ketones is 1. The van der Waals surface area contributed by atoms with Gasteiger partial charge in [0.15, 0.2) is 0 Å². The lowest BCUT2D eigenvalue weighted by atomic mass is 9.98. The molecule has 0 radical (unpaired) electrons. The minimum atomic E-state index is -0.903. The molecule has 10 heteroatoms. The molecule has 0 atom stereocenters. The van der Waals surface area contributed by atoms with Crippen LogP contribution in [0, 0.1) is 0 Å². The molecule has 10 nitrogen and oxygen atoms in total. The summed E-state index contributed by atoms with van der Waals surface area (Å²) in [6, 6.07) is 24.7. The molecule has 0 unspecified atom stereocenters. The highest BCUT2D eigenvalue weighted by atomic mass is 16.6. The van der Waals surface area contributed by atoms with Crippen LogP contribution in [0.4, 0.5) is 4.79 Å². The molecule has 0 aromatic heterocycles. The van der Waals surface area contributed by atoms with Crippen molar-refractivity contribution in [1.29, 1.82) is 0 Å². The first-order chi connectivity index (χ1) is 21.6. The number of benzene rings is 3. The molecule has 3 aromatic rings. The van der Waals surface area contributed by atoms with Crippen molar-refractivity contribution < 1.29 is 42.8 Å². The topological polar surface area (TPSA) is 110 Å². The molecule has 234 valence electrons. The van der Waals surface area contributed by atoms with E-state index in [2.05, 4.69) is 24.3 Å². The van der Waals surface area contributed by atoms with Crippen LogP contribution in [0.15, 0.2) is 78.9 Å². The number of carbonyl (C=O) groups is 3. The van der Waals surface area contributed by atoms with Crippen molar-refractivity contribution in [1.82, 2.24) is 4.90 Å². The van der Waals surface area contributed by atoms with E-state index in [4.69, 9.17) is 28.4 Å². The fraction of sp³-hybridized carbons (Fsp3) is 0.382. The molecule has 0 fully saturated rings. The van der Waals surface area contributed by atoms with Crippen LogP contribution in [0.3, 0.4) is 0 Å². The maximum atomic E-state index is 12.6. The number of hydrogen-bond donors (Lipinski definition) is 0. The first-order valence-electron chi connectivity index (χ1n) is 14.7. The fourth-order valence-electron chi connectivity index (χ4n) is 4.72. The van der Waals surface area contributed by atoms with Crippen molar-refractivity contribution in [3.63, 3.8) is 0 Å². The zero-order valence-corrected chi connectivity index (χ0v) is 25.0. The normalized spacial score (nSPS) is 11.9. The smallest absolute Gasteiger partial charge is 0.409 e. The Labute approximate surface area is 257 Å². The lowest BCUT2D eigenvalue weighted by Gasteiger charge is -2.19. The molecule has 0 aliphatic heterocycles. The number of Topliss-reactive ketones (excluding diaryl/α,β-unsaturated/α-hetero) is 1. The van der Waals surface area contributed by atoms with Gasteiger partial charge in [-0.3, -0.25) is 4.79 Å². The second-order valence-electron chi connectivity index (χ2n) is 10.0. The van der Waals surface area contributed by atoms with Crippen LogP contribution >= 0.6 is 0 Å². The van der Waals surface area contributed by atoms with Gasteiger partial charge in [0.05, 0.1) is 52.9 Å². The van der Waals surface area contributed by atoms with Crippen LogP contribution in [0.2, 0.25) is 0 Å². The van der Waals surface area contributed by atoms with Crippen molar-refractivity contribution in [3.05, 3.63) is 95.6 Å². The second-order valence-corrected chi connectivity index (χ2v) is 10.0. The summed E-state index contributed by atoms with van der Waals surface area (Å²) in [5.74, 6) is -1.56. The van der Waals surface area contributed by atoms with Crippen LogP contribution in [-0.4, -0.2) is 102 Å². The SMILES string of the molecule is CN(CCOCCOCCOCCOCCOC(=O)C(=O)c1ccccc1)C(=O)OCC1c2ccccc2-c2ccccc21. The number of likely N-dealkylation sites (N-methyl/N-ethyl adjacent to an activating group) is 1. The number of hydrogen-bond acceptors (Lipinski definition) is 9. The van der Waals surface area contributed by atoms with Gasteiger partial charge in [-0.1, -0.05) is 78.9 Å². The Morgan fingerprint density at radius 3 is 1.64 bits per heavy atom. The second kappa shape index (κ2) is 17.9. The standard InChI is InChI=1S/C34H39NO9/c1-35(34(38)44-25-31-29-13-7-5-11-27(29)28-12-6-8-14-30(28)31)15-16-39-17-18-40-19-20-41-21-22-42-23-24-43-33(37)32(36)26-9-3-2-4-10-26/h2-14,31H,15-25H2,1H3. The van der Waals surface area contributed by atoms with Crippen molar-refractivity contribution in [2.75, 3.05) is 79.7 Å². The number of esters is 1. The molecule has 44 heavy (non-hydrogen) atoms. The summed E-state index contributed by atoms with van der Waals surface area (Å²) >= 11 is 0. The van der Waals surface area contributed by atoms with E-state index in [1.54, 1.807) is 37.4 Å². The molecule has 0 bridgehead atoms. The predicted molar refractivity (Wildman–Crippen MR) is 163 cm³/mol. The molecular weight excluding hydrogens is 566 g/mol. The molecular formula is C34H39NO9. The van der Waals surface area contributed by atoms with Gasteiger partial charge in [0, 0.05) is 25.1 Å². The molecule has 3 aromatic carbocycles. The Hall–Kier alpha value is -4.09. The predicted octanol–water partition coefficient (Wildman–Crippen LogP) is 4.36. The van der Waals surface area contributed by atoms with E-state index < -0.39 is 11.8 Å². The molecule has 0 N–H and O–H groups in total. The molecule has 0 saturated heterocycles. The Morgan fingerprint density at radius 2 is 1.07 bits per heavy atom. The van der Waals surface area contributed by atoms with Gasteiger partial charge in [0.25, 0.3) is 5.78 Å². The summed E-state index contributed by atoms with van der Waals surface area (Å²) in [5.41, 5.74) is 5.04. The van der Waals surface area contributed by atoms with E-state index in [0.29, 0.717) is 58.4 Å². The summed E-state index contributed by atoms with van der Waals surface area (Å²) < 4.78 is 32.4. The maximum absolute atomic E-state index is 12.6. The van der Waals surface area contributed by atoms with Gasteiger partial charge < -0.3 is 33.3 Å². The van der Waals surface area contributed by atoms with Gasteiger partial charge in [0.1, 0.15) is 13.2 Å². The van der Waals surface area contributed by atoms with E-state index >= 15 is 0 Å². The van der Waals surface area contributed by atoms with Gasteiger partial charge in [-0.25, -0.2) is 9.59 Å². The molecule has 1 aliphatic rings. The van der Waals surface area contributed by atoms with Crippen LogP contribution in [0.5, 0.6) is 0 Å². The third kappa shape index (κ3) is 9.72. The van der Waals surface area contributed by atoms with Gasteiger partial charge in [-0.15, -0.1) is 0 Å². The largest absolute Gasteiger partial charge is 0.457 e. The van der Waals surface area contributed by atoms with Gasteiger partial charge in [-0.2, -0.15) is 0 Å². The Balaban J connectivity index is 0.945. The van der Waals surface area contributed by atoms with E-state index in [1.165, 1.54) is 27.2 Å². The minimum Gasteiger partial charge on any atom is -0.457 e. The van der Waals surface area contributed by atoms with Gasteiger partial charge in [-0.05, 0) is 22.3 Å². The number of rotatable bonds is 19. The number of fused-ring (bicyclic) bond motifs is 3. The summed E-state index contributed by atoms with van der Waals surface area (Å²) in [4.78, 5) is 37.7. The Kier molecular flexibility index (Phi) is 13.3. The quantitative estimate of drug-likeness (QED) is 0.0852. The number of ether oxygens (including phenoxy) is 6. The zero-order valence-electron chi connectivity index (χ0n) is 25.0. The van der Waals surface area contributed by atoms with Crippen molar-refractivity contribution >= 4 is 17.8 Å². The average molecular weight is 606 g/mol. The highest BCUT2D eigenvalue weighted by Gasteiger charge is 2.29. The average Bonchev–Trinajstić information content (AvgIpc) is 3.38. The van der Waals surface area contributed by atoms with Crippen molar-refractivity contribution in [3.8, 4) is 11.1 Å². The van der Waals surface area contributed by atoms with E-state index in [1.807, 2.05) is 24.3 Å². The summed E-state index contributed by atoms with van der Waals surface area (Å²) in [5, 5.41) is 0. The highest BCUT2D eigenvalue weighted by Crippen LogP contribution is 2.44. The van der Waals surface area contributed by atoms with Crippen LogP contribution < -0.4 is 0 Å². The lowest BCUT2D eigenvalue weighted by molar-refractivity contribution is -0.139. The monoisotopic (exact) mass is 605 g/mol. The lowest BCUT2D eigenvalue weighted by Crippen LogP contribution is -2.32. The minimum absolute atomic E-state index is 0.0119. The van der Waals surface area contributed by atoms with Crippen LogP contribution in [0.1, 0.15) is 27.4 Å². The third-order valence-electron chi connectivity index (χ3n) is 7.02. The maximum Gasteiger partial charge on any atom is 0.409 e. The van der Waals surface area contributed by atoms with E-state index in [9.17, 15) is 14.4 Å². The first-order valence-corrected chi connectivity index (χ1v) is 14.7. The molecule has 0 spiro atoms. The van der Waals surface area contributed by atoms with Crippen molar-refractivity contribution in [2.45, 2.75) is 5.92 Å². The summed E-state index contributed by atoms with van der Waals surface area (Å²) in [6.45, 7) is 3.50. The van der Waals surface area contributed by atoms with E-state index in [-0.39, 0.29) is 31.8 Å². The number of amides is 1. The Morgan fingerprint density at radius 1 is 0.591 bits per heavy atom. The van der Waals surface area contributed by atoms with Crippen molar-refractivity contribution in [2.24, 2.45) is 0 Å². The molecule has 4 rings (SSSR count). The fourth-order valence-corrected chi connectivity index (χ4v) is 4.72. The number of nitrogens with zero attached hydrogens (tertiary/aromatic N) is 1. The van der Waals surface area contributed by atoms with Gasteiger partial charge in [0.2, 0.25) is 0 Å². The van der Waals surface area contributed by atoms with E-state index in [0.717, 1.165) is 0 Å². The van der Waals surface area contributed by atoms with Crippen LogP contribution in [-0.2, 0) is 33.2 Å². The molecule has 0 heterocycles. The highest BCUT2D eigenvalue weighted by molar-refractivity contribution is 6.40. The first kappa shape index (κ1) is 32.8. The molecule has 0 saturated carbocycles. The third-order valence-corrected chi connectivity index (χ3v) is 7.02. The zero-order chi connectivity index (χ0) is 31.0. The summed E-state index contributed by atoms with van der Waals surface area (Å²) in [7, 11) is 1.69. The van der Waals surface area contributed by atoms with Crippen LogP contribution in [0.25, 0.3) is 11.1 Å². The summed E-state index contributed by atoms with van der Waals surface area (Å²) in [6.07, 6.45) is -0.382. The molecule has 1 aliphatic carbocycles.